The molecule has 0 unspecified atom stereocenters. The van der Waals surface area contributed by atoms with Crippen LogP contribution < -0.4 is 0 Å². The van der Waals surface area contributed by atoms with Crippen LogP contribution in [0.3, 0.4) is 0 Å². The highest BCUT2D eigenvalue weighted by molar-refractivity contribution is 6.14. The van der Waals surface area contributed by atoms with E-state index in [9.17, 15) is 0 Å². The second-order valence-corrected chi connectivity index (χ2v) is 21.3. The van der Waals surface area contributed by atoms with E-state index < -0.39 is 0 Å². The van der Waals surface area contributed by atoms with Gasteiger partial charge in [0, 0.05) is 49.8 Å². The number of aromatic nitrogens is 5. The fourth-order valence-electron chi connectivity index (χ4n) is 12.5. The molecule has 0 aliphatic carbocycles. The third-order valence-electron chi connectivity index (χ3n) is 16.3. The molecular weight excluding hydrogens is 1010 g/mol. The lowest BCUT2D eigenvalue weighted by atomic mass is 9.91. The lowest BCUT2D eigenvalue weighted by Gasteiger charge is -2.16. The van der Waals surface area contributed by atoms with Gasteiger partial charge < -0.3 is 4.57 Å². The monoisotopic (exact) mass is 1060 g/mol. The van der Waals surface area contributed by atoms with Crippen molar-refractivity contribution in [2.75, 3.05) is 0 Å². The number of hydrogen-bond acceptors (Lipinski definition) is 4. The molecule has 0 fully saturated rings. The van der Waals surface area contributed by atoms with Gasteiger partial charge in [-0.2, -0.15) is 0 Å². The minimum atomic E-state index is 0.637. The summed E-state index contributed by atoms with van der Waals surface area (Å²) in [7, 11) is 0. The van der Waals surface area contributed by atoms with Crippen LogP contribution in [0.25, 0.3) is 161 Å². The van der Waals surface area contributed by atoms with Crippen LogP contribution in [-0.4, -0.2) is 24.5 Å². The average Bonchev–Trinajstić information content (AvgIpc) is 4.02. The number of fused-ring (bicyclic) bond motifs is 7. The van der Waals surface area contributed by atoms with Crippen LogP contribution in [0.1, 0.15) is 0 Å². The number of benzene rings is 13. The van der Waals surface area contributed by atoms with Gasteiger partial charge in [-0.15, -0.1) is 0 Å². The molecule has 16 rings (SSSR count). The summed E-state index contributed by atoms with van der Waals surface area (Å²) in [5.74, 6) is 1.27. The first kappa shape index (κ1) is 47.8. The zero-order valence-electron chi connectivity index (χ0n) is 45.0. The van der Waals surface area contributed by atoms with Crippen molar-refractivity contribution in [3.63, 3.8) is 0 Å². The molecule has 0 saturated carbocycles. The second-order valence-electron chi connectivity index (χ2n) is 21.3. The van der Waals surface area contributed by atoms with Crippen LogP contribution in [-0.2, 0) is 0 Å². The van der Waals surface area contributed by atoms with E-state index in [1.54, 1.807) is 0 Å². The van der Waals surface area contributed by atoms with Crippen molar-refractivity contribution in [1.29, 1.82) is 0 Å². The molecule has 3 aromatic heterocycles. The number of hydrogen-bond donors (Lipinski definition) is 0. The van der Waals surface area contributed by atoms with E-state index in [1.807, 2.05) is 12.1 Å². The van der Waals surface area contributed by atoms with Crippen molar-refractivity contribution in [1.82, 2.24) is 24.5 Å². The second kappa shape index (κ2) is 19.9. The van der Waals surface area contributed by atoms with E-state index in [2.05, 4.69) is 290 Å². The largest absolute Gasteiger partial charge is 0.309 e. The Bertz CT molecular complexity index is 4790. The summed E-state index contributed by atoms with van der Waals surface area (Å²) in [6.07, 6.45) is 0. The summed E-state index contributed by atoms with van der Waals surface area (Å²) in [5, 5.41) is 12.0. The Hall–Kier alpha value is -11.1. The predicted octanol–water partition coefficient (Wildman–Crippen LogP) is 20.3. The quantitative estimate of drug-likeness (QED) is 0.135. The molecule has 0 amide bonds. The maximum atomic E-state index is 5.50. The van der Waals surface area contributed by atoms with Crippen LogP contribution in [0.4, 0.5) is 0 Å². The Labute approximate surface area is 479 Å². The number of para-hydroxylation sites is 2. The van der Waals surface area contributed by atoms with E-state index in [0.717, 1.165) is 84.0 Å². The summed E-state index contributed by atoms with van der Waals surface area (Å²) in [6, 6.07) is 106. The Morgan fingerprint density at radius 2 is 0.506 bits per heavy atom. The maximum Gasteiger partial charge on any atom is 0.160 e. The molecular formula is C78H49N5. The first-order valence-electron chi connectivity index (χ1n) is 28.2. The van der Waals surface area contributed by atoms with Gasteiger partial charge in [0.05, 0.1) is 33.8 Å². The number of nitrogens with zero attached hydrogens (tertiary/aromatic N) is 5. The third-order valence-corrected chi connectivity index (χ3v) is 16.3. The van der Waals surface area contributed by atoms with E-state index in [0.29, 0.717) is 11.6 Å². The molecule has 0 aliphatic rings. The molecule has 0 aliphatic heterocycles. The molecule has 0 radical (unpaired) electrons. The summed E-state index contributed by atoms with van der Waals surface area (Å²) >= 11 is 0. The van der Waals surface area contributed by atoms with Gasteiger partial charge in [-0.3, -0.25) is 0 Å². The van der Waals surface area contributed by atoms with Gasteiger partial charge in [-0.05, 0) is 132 Å². The lowest BCUT2D eigenvalue weighted by Crippen LogP contribution is -2.00. The van der Waals surface area contributed by atoms with E-state index >= 15 is 0 Å². The van der Waals surface area contributed by atoms with Crippen molar-refractivity contribution in [3.8, 4) is 95.7 Å². The Kier molecular flexibility index (Phi) is 11.5. The van der Waals surface area contributed by atoms with Crippen molar-refractivity contribution >= 4 is 64.9 Å². The molecule has 0 bridgehead atoms. The summed E-state index contributed by atoms with van der Waals surface area (Å²) in [4.78, 5) is 21.8. The fourth-order valence-corrected chi connectivity index (χ4v) is 12.5. The molecule has 16 aromatic rings. The Morgan fingerprint density at radius 1 is 0.205 bits per heavy atom. The first-order chi connectivity index (χ1) is 41.1. The molecule has 5 nitrogen and oxygen atoms in total. The van der Waals surface area contributed by atoms with Gasteiger partial charge >= 0.3 is 0 Å². The van der Waals surface area contributed by atoms with E-state index in [4.69, 9.17) is 19.9 Å². The van der Waals surface area contributed by atoms with Gasteiger partial charge in [0.2, 0.25) is 0 Å². The van der Waals surface area contributed by atoms with Gasteiger partial charge in [0.15, 0.2) is 11.6 Å². The minimum absolute atomic E-state index is 0.637. The van der Waals surface area contributed by atoms with Crippen LogP contribution >= 0.6 is 0 Å². The van der Waals surface area contributed by atoms with Gasteiger partial charge in [0.1, 0.15) is 0 Å². The highest BCUT2D eigenvalue weighted by Gasteiger charge is 2.21. The molecule has 3 heterocycles. The van der Waals surface area contributed by atoms with E-state index in [-0.39, 0.29) is 0 Å². The van der Waals surface area contributed by atoms with Crippen LogP contribution in [0.2, 0.25) is 0 Å². The fraction of sp³-hybridized carbons (Fsp3) is 0. The van der Waals surface area contributed by atoms with Crippen LogP contribution in [0.15, 0.2) is 297 Å². The highest BCUT2D eigenvalue weighted by Crippen LogP contribution is 2.42. The maximum absolute atomic E-state index is 5.50. The van der Waals surface area contributed by atoms with Crippen molar-refractivity contribution < 1.29 is 0 Å². The molecule has 0 atom stereocenters. The molecule has 386 valence electrons. The lowest BCUT2D eigenvalue weighted by molar-refractivity contribution is 1.16. The molecule has 0 N–H and O–H groups in total. The Balaban J connectivity index is 0.927. The standard InChI is InChI=1S/C78H49N5/c1-3-21-50(22-4-1)77-79-69(56-29-19-31-58(43-56)75-63-33-11-7-25-52(63)41-53-26-8-12-34-64(53)75)48-71(81-77)60-45-61(47-62(46-60)83-73-39-17-15-37-67(73)68-38-16-18-40-74(68)83)72-49-70(80-78(82-72)51-23-5-2-6-24-51)57-30-20-32-59(44-57)76-65-35-13-9-27-54(65)42-55-28-10-14-36-66(55)76/h1-49H. The molecule has 13 aromatic carbocycles. The topological polar surface area (TPSA) is 56.5 Å². The predicted molar refractivity (Wildman–Crippen MR) is 345 cm³/mol. The van der Waals surface area contributed by atoms with Crippen LogP contribution in [0.5, 0.6) is 0 Å². The zero-order chi connectivity index (χ0) is 54.8. The molecule has 5 heteroatoms. The van der Waals surface area contributed by atoms with Gasteiger partial charge in [-0.25, -0.2) is 19.9 Å². The summed E-state index contributed by atoms with van der Waals surface area (Å²) < 4.78 is 2.38. The Morgan fingerprint density at radius 3 is 0.904 bits per heavy atom. The van der Waals surface area contributed by atoms with Crippen molar-refractivity contribution in [2.45, 2.75) is 0 Å². The summed E-state index contributed by atoms with van der Waals surface area (Å²) in [5.41, 5.74) is 16.7. The molecule has 0 spiro atoms. The SMILES string of the molecule is c1ccc(-c2nc(-c3cccc(-c4c5ccccc5cc5ccccc45)c3)cc(-c3cc(-c4cc(-c5cccc(-c6c7ccccc7cc7ccccc67)c5)nc(-c5ccccc5)n4)cc(-n4c5ccccc5c5ccccc54)c3)n2)cc1. The first-order valence-corrected chi connectivity index (χ1v) is 28.2. The molecule has 83 heavy (non-hydrogen) atoms. The average molecular weight is 1060 g/mol. The molecule has 0 saturated heterocycles. The van der Waals surface area contributed by atoms with Gasteiger partial charge in [-0.1, -0.05) is 231 Å². The minimum Gasteiger partial charge on any atom is -0.309 e. The number of rotatable bonds is 9. The summed E-state index contributed by atoms with van der Waals surface area (Å²) in [6.45, 7) is 0. The van der Waals surface area contributed by atoms with Crippen molar-refractivity contribution in [2.24, 2.45) is 0 Å². The zero-order valence-corrected chi connectivity index (χ0v) is 45.0. The van der Waals surface area contributed by atoms with Crippen LogP contribution in [0, 0.1) is 0 Å². The van der Waals surface area contributed by atoms with E-state index in [1.165, 1.54) is 65.0 Å². The smallest absolute Gasteiger partial charge is 0.160 e. The highest BCUT2D eigenvalue weighted by atomic mass is 15.0. The van der Waals surface area contributed by atoms with Crippen molar-refractivity contribution in [3.05, 3.63) is 297 Å². The van der Waals surface area contributed by atoms with Gasteiger partial charge in [0.25, 0.3) is 0 Å². The third kappa shape index (κ3) is 8.50. The normalized spacial score (nSPS) is 11.6.